The maximum absolute atomic E-state index is 11.9. The fourth-order valence-corrected chi connectivity index (χ4v) is 2.37. The van der Waals surface area contributed by atoms with E-state index in [1.165, 1.54) is 0 Å². The van der Waals surface area contributed by atoms with Gasteiger partial charge in [0, 0.05) is 12.0 Å². The van der Waals surface area contributed by atoms with Crippen LogP contribution in [0, 0.1) is 5.41 Å². The Balaban J connectivity index is 2.34. The summed E-state index contributed by atoms with van der Waals surface area (Å²) in [5, 5.41) is 10.1. The van der Waals surface area contributed by atoms with E-state index in [2.05, 4.69) is 6.58 Å². The third kappa shape index (κ3) is 6.78. The van der Waals surface area contributed by atoms with Gasteiger partial charge < -0.3 is 19.3 Å². The SMILES string of the molecule is C=C(C)C(=O)OC1CCC(OC(=O)CCOC(=O)C(C)(C)CC)C(O)C1. The van der Waals surface area contributed by atoms with Gasteiger partial charge in [-0.3, -0.25) is 9.59 Å². The second kappa shape index (κ2) is 9.71. The molecule has 1 aliphatic carbocycles. The molecule has 0 bridgehead atoms. The summed E-state index contributed by atoms with van der Waals surface area (Å²) in [6.45, 7) is 10.5. The summed E-state index contributed by atoms with van der Waals surface area (Å²) >= 11 is 0. The molecule has 1 N–H and O–H groups in total. The molecular formula is C19H30O7. The molecule has 7 heteroatoms. The number of carbonyl (C=O) groups excluding carboxylic acids is 3. The molecule has 0 heterocycles. The van der Waals surface area contributed by atoms with Crippen molar-refractivity contribution in [3.63, 3.8) is 0 Å². The number of aliphatic hydroxyl groups is 1. The quantitative estimate of drug-likeness (QED) is 0.397. The molecule has 26 heavy (non-hydrogen) atoms. The van der Waals surface area contributed by atoms with Crippen LogP contribution in [0.1, 0.15) is 59.8 Å². The Morgan fingerprint density at radius 1 is 1.19 bits per heavy atom. The summed E-state index contributed by atoms with van der Waals surface area (Å²) in [4.78, 5) is 35.2. The highest BCUT2D eigenvalue weighted by molar-refractivity contribution is 5.87. The smallest absolute Gasteiger partial charge is 0.333 e. The van der Waals surface area contributed by atoms with Crippen LogP contribution in [-0.2, 0) is 28.6 Å². The molecule has 1 rings (SSSR count). The van der Waals surface area contributed by atoms with Crippen LogP contribution in [0.25, 0.3) is 0 Å². The van der Waals surface area contributed by atoms with E-state index in [9.17, 15) is 19.5 Å². The Kier molecular flexibility index (Phi) is 8.27. The molecule has 3 unspecified atom stereocenters. The van der Waals surface area contributed by atoms with Gasteiger partial charge in [-0.05, 0) is 40.0 Å². The summed E-state index contributed by atoms with van der Waals surface area (Å²) in [7, 11) is 0. The van der Waals surface area contributed by atoms with Crippen LogP contribution in [0.4, 0.5) is 0 Å². The van der Waals surface area contributed by atoms with Crippen molar-refractivity contribution in [3.8, 4) is 0 Å². The number of rotatable bonds is 8. The van der Waals surface area contributed by atoms with Gasteiger partial charge in [0.15, 0.2) is 0 Å². The summed E-state index contributed by atoms with van der Waals surface area (Å²) < 4.78 is 15.6. The molecule has 0 amide bonds. The molecule has 0 aliphatic heterocycles. The molecule has 0 spiro atoms. The largest absolute Gasteiger partial charge is 0.465 e. The van der Waals surface area contributed by atoms with E-state index in [-0.39, 0.29) is 25.4 Å². The zero-order valence-corrected chi connectivity index (χ0v) is 16.1. The van der Waals surface area contributed by atoms with Gasteiger partial charge in [0.1, 0.15) is 18.8 Å². The lowest BCUT2D eigenvalue weighted by atomic mass is 9.91. The minimum absolute atomic E-state index is 0.0528. The predicted octanol–water partition coefficient (Wildman–Crippen LogP) is 2.30. The van der Waals surface area contributed by atoms with E-state index < -0.39 is 35.7 Å². The molecule has 1 fully saturated rings. The zero-order valence-electron chi connectivity index (χ0n) is 16.1. The number of esters is 3. The van der Waals surface area contributed by atoms with Gasteiger partial charge in [-0.1, -0.05) is 13.5 Å². The van der Waals surface area contributed by atoms with Gasteiger partial charge in [0.2, 0.25) is 0 Å². The molecule has 0 aromatic carbocycles. The van der Waals surface area contributed by atoms with Gasteiger partial charge in [-0.15, -0.1) is 0 Å². The number of hydrogen-bond acceptors (Lipinski definition) is 7. The van der Waals surface area contributed by atoms with E-state index in [0.29, 0.717) is 24.8 Å². The fourth-order valence-electron chi connectivity index (χ4n) is 2.37. The topological polar surface area (TPSA) is 99.1 Å². The average molecular weight is 370 g/mol. The molecule has 7 nitrogen and oxygen atoms in total. The standard InChI is InChI=1S/C19H30O7/c1-6-19(4,5)18(23)24-10-9-16(21)26-15-8-7-13(11-14(15)20)25-17(22)12(2)3/h13-15,20H,2,6-11H2,1,3-5H3. The Labute approximate surface area is 154 Å². The predicted molar refractivity (Wildman–Crippen MR) is 94.1 cm³/mol. The summed E-state index contributed by atoms with van der Waals surface area (Å²) in [5.41, 5.74) is -0.284. The first-order valence-electron chi connectivity index (χ1n) is 8.98. The molecule has 3 atom stereocenters. The van der Waals surface area contributed by atoms with Crippen LogP contribution < -0.4 is 0 Å². The first-order valence-corrected chi connectivity index (χ1v) is 8.98. The van der Waals surface area contributed by atoms with Crippen molar-refractivity contribution >= 4 is 17.9 Å². The monoisotopic (exact) mass is 370 g/mol. The van der Waals surface area contributed by atoms with Crippen LogP contribution in [0.2, 0.25) is 0 Å². The summed E-state index contributed by atoms with van der Waals surface area (Å²) in [6, 6.07) is 0. The van der Waals surface area contributed by atoms with Crippen molar-refractivity contribution in [1.82, 2.24) is 0 Å². The minimum atomic E-state index is -0.905. The lowest BCUT2D eigenvalue weighted by Gasteiger charge is -2.32. The van der Waals surface area contributed by atoms with Crippen LogP contribution in [0.3, 0.4) is 0 Å². The van der Waals surface area contributed by atoms with Crippen LogP contribution in [-0.4, -0.2) is 47.9 Å². The third-order valence-corrected chi connectivity index (χ3v) is 4.59. The first-order chi connectivity index (χ1) is 12.1. The highest BCUT2D eigenvalue weighted by Gasteiger charge is 2.34. The van der Waals surface area contributed by atoms with Crippen LogP contribution in [0.15, 0.2) is 12.2 Å². The number of hydrogen-bond donors (Lipinski definition) is 1. The molecule has 1 aliphatic rings. The van der Waals surface area contributed by atoms with Crippen molar-refractivity contribution in [2.45, 2.75) is 78.1 Å². The maximum Gasteiger partial charge on any atom is 0.333 e. The number of ether oxygens (including phenoxy) is 3. The molecular weight excluding hydrogens is 340 g/mol. The van der Waals surface area contributed by atoms with E-state index in [4.69, 9.17) is 14.2 Å². The van der Waals surface area contributed by atoms with Crippen LogP contribution in [0.5, 0.6) is 0 Å². The van der Waals surface area contributed by atoms with Gasteiger partial charge >= 0.3 is 17.9 Å². The molecule has 0 saturated heterocycles. The van der Waals surface area contributed by atoms with Crippen molar-refractivity contribution in [3.05, 3.63) is 12.2 Å². The highest BCUT2D eigenvalue weighted by Crippen LogP contribution is 2.25. The molecule has 0 radical (unpaired) electrons. The maximum atomic E-state index is 11.9. The van der Waals surface area contributed by atoms with Crippen molar-refractivity contribution in [2.24, 2.45) is 5.41 Å². The highest BCUT2D eigenvalue weighted by atomic mass is 16.6. The number of carbonyl (C=O) groups is 3. The lowest BCUT2D eigenvalue weighted by Crippen LogP contribution is -2.40. The Bertz CT molecular complexity index is 538. The molecule has 0 aromatic rings. The van der Waals surface area contributed by atoms with E-state index in [1.807, 2.05) is 6.92 Å². The summed E-state index contributed by atoms with van der Waals surface area (Å²) in [5.74, 6) is -1.38. The fraction of sp³-hybridized carbons (Fsp3) is 0.737. The first kappa shape index (κ1) is 22.2. The zero-order chi connectivity index (χ0) is 19.9. The third-order valence-electron chi connectivity index (χ3n) is 4.59. The number of aliphatic hydroxyl groups excluding tert-OH is 1. The Morgan fingerprint density at radius 3 is 2.38 bits per heavy atom. The molecule has 1 saturated carbocycles. The van der Waals surface area contributed by atoms with E-state index in [0.717, 1.165) is 0 Å². The van der Waals surface area contributed by atoms with E-state index >= 15 is 0 Å². The molecule has 0 aromatic heterocycles. The van der Waals surface area contributed by atoms with E-state index in [1.54, 1.807) is 20.8 Å². The summed E-state index contributed by atoms with van der Waals surface area (Å²) in [6.07, 6.45) is -0.304. The lowest BCUT2D eigenvalue weighted by molar-refractivity contribution is -0.168. The van der Waals surface area contributed by atoms with Gasteiger partial charge in [0.05, 0.1) is 17.9 Å². The normalized spacial score (nSPS) is 23.0. The Hall–Kier alpha value is -1.89. The second-order valence-corrected chi connectivity index (χ2v) is 7.34. The van der Waals surface area contributed by atoms with Gasteiger partial charge in [-0.2, -0.15) is 0 Å². The van der Waals surface area contributed by atoms with Crippen molar-refractivity contribution < 1.29 is 33.7 Å². The van der Waals surface area contributed by atoms with Crippen LogP contribution >= 0.6 is 0 Å². The molecule has 148 valence electrons. The average Bonchev–Trinajstić information content (AvgIpc) is 2.57. The Morgan fingerprint density at radius 2 is 1.85 bits per heavy atom. The van der Waals surface area contributed by atoms with Crippen molar-refractivity contribution in [1.29, 1.82) is 0 Å². The minimum Gasteiger partial charge on any atom is -0.465 e. The van der Waals surface area contributed by atoms with Gasteiger partial charge in [-0.25, -0.2) is 4.79 Å². The van der Waals surface area contributed by atoms with Gasteiger partial charge in [0.25, 0.3) is 0 Å². The second-order valence-electron chi connectivity index (χ2n) is 7.34. The van der Waals surface area contributed by atoms with Crippen molar-refractivity contribution in [2.75, 3.05) is 6.61 Å².